The highest BCUT2D eigenvalue weighted by Crippen LogP contribution is 2.21. The highest BCUT2D eigenvalue weighted by atomic mass is 16.1. The van der Waals surface area contributed by atoms with Gasteiger partial charge in [0.25, 0.3) is 12.2 Å². The van der Waals surface area contributed by atoms with Crippen LogP contribution in [0.1, 0.15) is 6.92 Å². The smallest absolute Gasteiger partial charge is 0.291 e. The number of piperazine rings is 1. The van der Waals surface area contributed by atoms with Crippen molar-refractivity contribution >= 4 is 23.1 Å². The van der Waals surface area contributed by atoms with Crippen LogP contribution >= 0.6 is 0 Å². The van der Waals surface area contributed by atoms with Gasteiger partial charge in [0.1, 0.15) is 0 Å². The molecule has 3 rings (SSSR count). The first-order chi connectivity index (χ1) is 12.6. The summed E-state index contributed by atoms with van der Waals surface area (Å²) in [6.07, 6.45) is 0. The average molecular weight is 354 g/mol. The second kappa shape index (κ2) is 7.46. The van der Waals surface area contributed by atoms with Gasteiger partial charge < -0.3 is 10.2 Å². The Morgan fingerprint density at radius 2 is 2.08 bits per heavy atom. The van der Waals surface area contributed by atoms with Crippen molar-refractivity contribution in [1.29, 1.82) is 0 Å². The SMILES string of the molecule is [C-]#[N+]CN(C)c1nc2nc(N3CCNCC3)n(CC#CC)c2c(=O)n1C. The Hall–Kier alpha value is -3.04. The van der Waals surface area contributed by atoms with Gasteiger partial charge in [-0.3, -0.25) is 23.7 Å². The van der Waals surface area contributed by atoms with Crippen molar-refractivity contribution in [1.82, 2.24) is 24.4 Å². The maximum atomic E-state index is 13.0. The molecule has 0 atom stereocenters. The first kappa shape index (κ1) is 17.8. The third-order valence-corrected chi connectivity index (χ3v) is 4.38. The molecule has 0 radical (unpaired) electrons. The number of hydrogen-bond acceptors (Lipinski definition) is 6. The van der Waals surface area contributed by atoms with E-state index in [0.717, 1.165) is 32.1 Å². The molecule has 2 aromatic heterocycles. The predicted molar refractivity (Wildman–Crippen MR) is 101 cm³/mol. The van der Waals surface area contributed by atoms with Crippen LogP contribution in [0.25, 0.3) is 16.0 Å². The highest BCUT2D eigenvalue weighted by molar-refractivity contribution is 5.76. The minimum absolute atomic E-state index is 0.123. The van der Waals surface area contributed by atoms with Crippen LogP contribution in [-0.4, -0.2) is 59.0 Å². The Balaban J connectivity index is 2.21. The lowest BCUT2D eigenvalue weighted by atomic mass is 10.4. The number of imidazole rings is 1. The van der Waals surface area contributed by atoms with Crippen molar-refractivity contribution in [3.05, 3.63) is 21.8 Å². The summed E-state index contributed by atoms with van der Waals surface area (Å²) in [7, 11) is 3.40. The Bertz CT molecular complexity index is 965. The molecular formula is C17H22N8O. The third kappa shape index (κ3) is 3.09. The Labute approximate surface area is 152 Å². The molecule has 0 spiro atoms. The van der Waals surface area contributed by atoms with Crippen LogP contribution in [0, 0.1) is 18.4 Å². The standard InChI is InChI=1S/C17H22N8O/c1-5-6-9-25-13-14(21-17(25)24-10-7-19-8-11-24)20-16(22(3)12-18-2)23(4)15(13)26/h19H,7-12H2,1,3-4H3. The van der Waals surface area contributed by atoms with Gasteiger partial charge in [-0.15, -0.1) is 5.92 Å². The summed E-state index contributed by atoms with van der Waals surface area (Å²) >= 11 is 0. The molecule has 1 N–H and O–H groups in total. The number of hydrogen-bond donors (Lipinski definition) is 1. The van der Waals surface area contributed by atoms with Gasteiger partial charge in [0.2, 0.25) is 11.9 Å². The first-order valence-corrected chi connectivity index (χ1v) is 8.45. The molecule has 2 aromatic rings. The van der Waals surface area contributed by atoms with Crippen molar-refractivity contribution < 1.29 is 0 Å². The summed E-state index contributed by atoms with van der Waals surface area (Å²) in [5, 5.41) is 3.32. The second-order valence-corrected chi connectivity index (χ2v) is 6.11. The molecule has 0 saturated carbocycles. The average Bonchev–Trinajstić information content (AvgIpc) is 3.02. The van der Waals surface area contributed by atoms with E-state index in [1.54, 1.807) is 25.9 Å². The van der Waals surface area contributed by atoms with E-state index in [2.05, 4.69) is 36.9 Å². The fraction of sp³-hybridized carbons (Fsp3) is 0.529. The zero-order valence-corrected chi connectivity index (χ0v) is 15.3. The molecule has 1 aliphatic rings. The van der Waals surface area contributed by atoms with Crippen LogP contribution in [-0.2, 0) is 13.6 Å². The van der Waals surface area contributed by atoms with Gasteiger partial charge in [0, 0.05) is 40.3 Å². The number of nitrogens with one attached hydrogen (secondary N) is 1. The Morgan fingerprint density at radius 1 is 1.35 bits per heavy atom. The molecule has 9 heteroatoms. The maximum absolute atomic E-state index is 13.0. The molecule has 0 unspecified atom stereocenters. The molecule has 26 heavy (non-hydrogen) atoms. The summed E-state index contributed by atoms with van der Waals surface area (Å²) in [6.45, 7) is 12.7. The second-order valence-electron chi connectivity index (χ2n) is 6.11. The summed E-state index contributed by atoms with van der Waals surface area (Å²) in [6, 6.07) is 0. The Kier molecular flexibility index (Phi) is 5.10. The summed E-state index contributed by atoms with van der Waals surface area (Å²) in [5.74, 6) is 7.06. The van der Waals surface area contributed by atoms with Gasteiger partial charge in [0.15, 0.2) is 11.2 Å². The van der Waals surface area contributed by atoms with Gasteiger partial charge in [-0.25, -0.2) is 6.57 Å². The van der Waals surface area contributed by atoms with E-state index >= 15 is 0 Å². The number of anilines is 2. The summed E-state index contributed by atoms with van der Waals surface area (Å²) < 4.78 is 3.32. The number of rotatable bonds is 4. The maximum Gasteiger partial charge on any atom is 0.291 e. The van der Waals surface area contributed by atoms with Crippen molar-refractivity contribution in [3.8, 4) is 11.8 Å². The van der Waals surface area contributed by atoms with E-state index in [4.69, 9.17) is 6.57 Å². The summed E-state index contributed by atoms with van der Waals surface area (Å²) in [5.41, 5.74) is 0.656. The normalized spacial score (nSPS) is 14.0. The highest BCUT2D eigenvalue weighted by Gasteiger charge is 2.23. The zero-order valence-electron chi connectivity index (χ0n) is 15.3. The van der Waals surface area contributed by atoms with Crippen molar-refractivity contribution in [2.24, 2.45) is 7.05 Å². The molecule has 3 heterocycles. The van der Waals surface area contributed by atoms with Crippen molar-refractivity contribution in [2.45, 2.75) is 13.5 Å². The van der Waals surface area contributed by atoms with Gasteiger partial charge in [-0.2, -0.15) is 9.97 Å². The molecule has 0 aliphatic carbocycles. The van der Waals surface area contributed by atoms with E-state index < -0.39 is 0 Å². The van der Waals surface area contributed by atoms with Crippen LogP contribution < -0.4 is 20.7 Å². The van der Waals surface area contributed by atoms with E-state index in [0.29, 0.717) is 23.7 Å². The number of nitrogens with zero attached hydrogens (tertiary/aromatic N) is 7. The van der Waals surface area contributed by atoms with Crippen LogP contribution in [0.3, 0.4) is 0 Å². The van der Waals surface area contributed by atoms with Gasteiger partial charge in [-0.1, -0.05) is 5.92 Å². The minimum atomic E-state index is -0.186. The molecule has 9 nitrogen and oxygen atoms in total. The number of aromatic nitrogens is 4. The fourth-order valence-electron chi connectivity index (χ4n) is 3.06. The van der Waals surface area contributed by atoms with Crippen LogP contribution in [0.2, 0.25) is 0 Å². The topological polar surface area (TPSA) is 75.6 Å². The van der Waals surface area contributed by atoms with Crippen LogP contribution in [0.4, 0.5) is 11.9 Å². The van der Waals surface area contributed by atoms with Crippen LogP contribution in [0.5, 0.6) is 0 Å². The van der Waals surface area contributed by atoms with Gasteiger partial charge >= 0.3 is 0 Å². The van der Waals surface area contributed by atoms with E-state index in [-0.39, 0.29) is 12.2 Å². The fourth-order valence-corrected chi connectivity index (χ4v) is 3.06. The molecule has 1 saturated heterocycles. The van der Waals surface area contributed by atoms with E-state index in [1.165, 1.54) is 4.57 Å². The zero-order chi connectivity index (χ0) is 18.7. The molecule has 1 fully saturated rings. The lowest BCUT2D eigenvalue weighted by molar-refractivity contribution is 0.573. The molecule has 0 amide bonds. The Morgan fingerprint density at radius 3 is 2.73 bits per heavy atom. The molecular weight excluding hydrogens is 332 g/mol. The number of fused-ring (bicyclic) bond motifs is 1. The summed E-state index contributed by atoms with van der Waals surface area (Å²) in [4.78, 5) is 29.4. The van der Waals surface area contributed by atoms with Gasteiger partial charge in [0.05, 0.1) is 6.54 Å². The molecule has 0 bridgehead atoms. The third-order valence-electron chi connectivity index (χ3n) is 4.38. The minimum Gasteiger partial charge on any atom is -0.340 e. The monoisotopic (exact) mass is 354 g/mol. The molecule has 0 aromatic carbocycles. The molecule has 136 valence electrons. The van der Waals surface area contributed by atoms with E-state index in [9.17, 15) is 4.79 Å². The van der Waals surface area contributed by atoms with Crippen molar-refractivity contribution in [3.63, 3.8) is 0 Å². The van der Waals surface area contributed by atoms with E-state index in [1.807, 2.05) is 4.57 Å². The lowest BCUT2D eigenvalue weighted by Crippen LogP contribution is -2.44. The predicted octanol–water partition coefficient (Wildman–Crippen LogP) is -0.124. The largest absolute Gasteiger partial charge is 0.340 e. The quantitative estimate of drug-likeness (QED) is 0.609. The first-order valence-electron chi connectivity index (χ1n) is 8.45. The van der Waals surface area contributed by atoms with Gasteiger partial charge in [-0.05, 0) is 6.92 Å². The lowest BCUT2D eigenvalue weighted by Gasteiger charge is -2.28. The van der Waals surface area contributed by atoms with Crippen molar-refractivity contribution in [2.75, 3.05) is 49.7 Å². The van der Waals surface area contributed by atoms with Crippen LogP contribution in [0.15, 0.2) is 4.79 Å². The molecule has 1 aliphatic heterocycles.